The molecule has 0 aliphatic heterocycles. The number of rotatable bonds is 5. The van der Waals surface area contributed by atoms with Crippen LogP contribution in [0, 0.1) is 6.92 Å². The van der Waals surface area contributed by atoms with E-state index in [0.717, 1.165) is 24.0 Å². The molecule has 0 radical (unpaired) electrons. The van der Waals surface area contributed by atoms with E-state index in [1.54, 1.807) is 18.4 Å². The highest BCUT2D eigenvalue weighted by atomic mass is 32.1. The van der Waals surface area contributed by atoms with Gasteiger partial charge in [0.15, 0.2) is 5.96 Å². The van der Waals surface area contributed by atoms with Gasteiger partial charge in [-0.15, -0.1) is 0 Å². The van der Waals surface area contributed by atoms with Crippen molar-refractivity contribution < 1.29 is 4.42 Å². The van der Waals surface area contributed by atoms with Crippen LogP contribution in [-0.4, -0.2) is 19.6 Å². The molecule has 2 N–H and O–H groups in total. The van der Waals surface area contributed by atoms with Gasteiger partial charge in [0.1, 0.15) is 11.5 Å². The van der Waals surface area contributed by atoms with Crippen molar-refractivity contribution in [1.29, 1.82) is 0 Å². The smallest absolute Gasteiger partial charge is 0.191 e. The van der Waals surface area contributed by atoms with E-state index in [-0.39, 0.29) is 6.04 Å². The molecule has 0 bridgehead atoms. The standard InChI is InChI=1S/C16H23N3OS/c1-11(14-7-8-21-10-14)9-18-16(17-4)19-13(3)15-6-5-12(2)20-15/h5-8,10-11,13H,9H2,1-4H3,(H2,17,18,19). The van der Waals surface area contributed by atoms with Crippen molar-refractivity contribution in [1.82, 2.24) is 10.6 Å². The first kappa shape index (κ1) is 15.6. The minimum atomic E-state index is 0.0846. The summed E-state index contributed by atoms with van der Waals surface area (Å²) in [4.78, 5) is 4.27. The molecule has 2 unspecified atom stereocenters. The second-order valence-corrected chi connectivity index (χ2v) is 6.01. The average molecular weight is 305 g/mol. The van der Waals surface area contributed by atoms with Gasteiger partial charge in [-0.25, -0.2) is 0 Å². The lowest BCUT2D eigenvalue weighted by Crippen LogP contribution is -2.40. The lowest BCUT2D eigenvalue weighted by atomic mass is 10.1. The first-order chi connectivity index (χ1) is 10.1. The molecule has 2 aromatic heterocycles. The van der Waals surface area contributed by atoms with Crippen LogP contribution >= 0.6 is 11.3 Å². The Morgan fingerprint density at radius 1 is 1.33 bits per heavy atom. The van der Waals surface area contributed by atoms with Crippen LogP contribution in [0.5, 0.6) is 0 Å². The number of nitrogens with one attached hydrogen (secondary N) is 2. The number of aliphatic imine (C=N–C) groups is 1. The molecule has 0 saturated carbocycles. The zero-order valence-electron chi connectivity index (χ0n) is 13.0. The molecule has 2 aromatic rings. The number of furan rings is 1. The second-order valence-electron chi connectivity index (χ2n) is 5.23. The number of thiophene rings is 1. The molecule has 0 amide bonds. The van der Waals surface area contributed by atoms with Gasteiger partial charge in [0, 0.05) is 13.6 Å². The zero-order chi connectivity index (χ0) is 15.2. The maximum atomic E-state index is 5.63. The number of aryl methyl sites for hydroxylation is 1. The van der Waals surface area contributed by atoms with E-state index in [9.17, 15) is 0 Å². The van der Waals surface area contributed by atoms with Crippen LogP contribution in [0.1, 0.15) is 42.9 Å². The van der Waals surface area contributed by atoms with Crippen molar-refractivity contribution in [3.8, 4) is 0 Å². The SMILES string of the molecule is CN=C(NCC(C)c1ccsc1)NC(C)c1ccc(C)o1. The van der Waals surface area contributed by atoms with Gasteiger partial charge in [-0.05, 0) is 54.3 Å². The van der Waals surface area contributed by atoms with Gasteiger partial charge in [0.25, 0.3) is 0 Å². The fourth-order valence-corrected chi connectivity index (χ4v) is 2.86. The van der Waals surface area contributed by atoms with Crippen LogP contribution < -0.4 is 10.6 Å². The predicted molar refractivity (Wildman–Crippen MR) is 89.1 cm³/mol. The highest BCUT2D eigenvalue weighted by Crippen LogP contribution is 2.17. The third kappa shape index (κ3) is 4.36. The fraction of sp³-hybridized carbons (Fsp3) is 0.438. The largest absolute Gasteiger partial charge is 0.464 e. The van der Waals surface area contributed by atoms with Crippen LogP contribution in [0.4, 0.5) is 0 Å². The minimum absolute atomic E-state index is 0.0846. The average Bonchev–Trinajstić information content (AvgIpc) is 3.13. The van der Waals surface area contributed by atoms with E-state index in [2.05, 4.69) is 46.3 Å². The molecule has 2 heterocycles. The summed E-state index contributed by atoms with van der Waals surface area (Å²) in [7, 11) is 1.78. The van der Waals surface area contributed by atoms with Crippen LogP contribution in [0.3, 0.4) is 0 Å². The summed E-state index contributed by atoms with van der Waals surface area (Å²) >= 11 is 1.73. The molecule has 4 nitrogen and oxygen atoms in total. The van der Waals surface area contributed by atoms with E-state index in [0.29, 0.717) is 5.92 Å². The maximum absolute atomic E-state index is 5.63. The Hall–Kier alpha value is -1.75. The molecule has 0 aliphatic carbocycles. The molecule has 0 aromatic carbocycles. The van der Waals surface area contributed by atoms with Crippen LogP contribution in [0.25, 0.3) is 0 Å². The van der Waals surface area contributed by atoms with E-state index in [1.165, 1.54) is 5.56 Å². The van der Waals surface area contributed by atoms with E-state index >= 15 is 0 Å². The summed E-state index contributed by atoms with van der Waals surface area (Å²) in [6, 6.07) is 6.22. The Bertz CT molecular complexity index is 574. The summed E-state index contributed by atoms with van der Waals surface area (Å²) in [5.41, 5.74) is 1.36. The van der Waals surface area contributed by atoms with Gasteiger partial charge in [-0.2, -0.15) is 11.3 Å². The maximum Gasteiger partial charge on any atom is 0.191 e. The Kier molecular flexibility index (Phi) is 5.44. The van der Waals surface area contributed by atoms with Crippen molar-refractivity contribution in [2.45, 2.75) is 32.7 Å². The monoisotopic (exact) mass is 305 g/mol. The molecule has 0 aliphatic rings. The van der Waals surface area contributed by atoms with E-state index < -0.39 is 0 Å². The van der Waals surface area contributed by atoms with Gasteiger partial charge in [0.2, 0.25) is 0 Å². The molecule has 0 fully saturated rings. The Labute approximate surface area is 130 Å². The zero-order valence-corrected chi connectivity index (χ0v) is 13.8. The summed E-state index contributed by atoms with van der Waals surface area (Å²) in [6.07, 6.45) is 0. The van der Waals surface area contributed by atoms with Gasteiger partial charge < -0.3 is 15.1 Å². The summed E-state index contributed by atoms with van der Waals surface area (Å²) in [5.74, 6) is 3.09. The lowest BCUT2D eigenvalue weighted by molar-refractivity contribution is 0.441. The van der Waals surface area contributed by atoms with Crippen LogP contribution in [0.2, 0.25) is 0 Å². The number of hydrogen-bond donors (Lipinski definition) is 2. The molecular formula is C16H23N3OS. The Balaban J connectivity index is 1.86. The molecule has 114 valence electrons. The minimum Gasteiger partial charge on any atom is -0.464 e. The van der Waals surface area contributed by atoms with E-state index in [1.807, 2.05) is 19.1 Å². The van der Waals surface area contributed by atoms with Crippen molar-refractivity contribution in [3.05, 3.63) is 46.0 Å². The molecule has 0 spiro atoms. The number of nitrogens with zero attached hydrogens (tertiary/aromatic N) is 1. The first-order valence-electron chi connectivity index (χ1n) is 7.15. The highest BCUT2D eigenvalue weighted by molar-refractivity contribution is 7.07. The third-order valence-electron chi connectivity index (χ3n) is 3.45. The number of guanidine groups is 1. The van der Waals surface area contributed by atoms with Crippen LogP contribution in [0.15, 0.2) is 38.4 Å². The Morgan fingerprint density at radius 3 is 2.71 bits per heavy atom. The molecule has 5 heteroatoms. The van der Waals surface area contributed by atoms with Crippen molar-refractivity contribution in [2.24, 2.45) is 4.99 Å². The second kappa shape index (κ2) is 7.31. The van der Waals surface area contributed by atoms with E-state index in [4.69, 9.17) is 4.42 Å². The summed E-state index contributed by atoms with van der Waals surface area (Å²) < 4.78 is 5.63. The topological polar surface area (TPSA) is 49.6 Å². The summed E-state index contributed by atoms with van der Waals surface area (Å²) in [5, 5.41) is 11.0. The highest BCUT2D eigenvalue weighted by Gasteiger charge is 2.12. The van der Waals surface area contributed by atoms with Crippen LogP contribution in [-0.2, 0) is 0 Å². The summed E-state index contributed by atoms with van der Waals surface area (Å²) in [6.45, 7) is 7.07. The molecule has 2 atom stereocenters. The third-order valence-corrected chi connectivity index (χ3v) is 4.15. The molecule has 2 rings (SSSR count). The van der Waals surface area contributed by atoms with Gasteiger partial charge >= 0.3 is 0 Å². The lowest BCUT2D eigenvalue weighted by Gasteiger charge is -2.18. The fourth-order valence-electron chi connectivity index (χ4n) is 2.08. The normalized spacial score (nSPS) is 14.8. The predicted octanol–water partition coefficient (Wildman–Crippen LogP) is 3.68. The molecule has 21 heavy (non-hydrogen) atoms. The molecule has 0 saturated heterocycles. The number of hydrogen-bond acceptors (Lipinski definition) is 3. The molecular weight excluding hydrogens is 282 g/mol. The van der Waals surface area contributed by atoms with Gasteiger partial charge in [-0.3, -0.25) is 4.99 Å². The van der Waals surface area contributed by atoms with Gasteiger partial charge in [-0.1, -0.05) is 6.92 Å². The Morgan fingerprint density at radius 2 is 2.14 bits per heavy atom. The quantitative estimate of drug-likeness (QED) is 0.654. The first-order valence-corrected chi connectivity index (χ1v) is 8.10. The van der Waals surface area contributed by atoms with Crippen molar-refractivity contribution in [2.75, 3.05) is 13.6 Å². The van der Waals surface area contributed by atoms with Crippen molar-refractivity contribution >= 4 is 17.3 Å². The van der Waals surface area contributed by atoms with Crippen molar-refractivity contribution in [3.63, 3.8) is 0 Å². The van der Waals surface area contributed by atoms with Gasteiger partial charge in [0.05, 0.1) is 6.04 Å².